The highest BCUT2D eigenvalue weighted by atomic mass is 32.2. The van der Waals surface area contributed by atoms with Gasteiger partial charge in [-0.25, -0.2) is 0 Å². The van der Waals surface area contributed by atoms with Crippen molar-refractivity contribution in [2.75, 3.05) is 12.4 Å². The van der Waals surface area contributed by atoms with Gasteiger partial charge in [0.05, 0.1) is 12.8 Å². The third-order valence-corrected chi connectivity index (χ3v) is 3.67. The zero-order valence-corrected chi connectivity index (χ0v) is 10.2. The molecule has 0 spiro atoms. The number of carboxylic acid groups (broad SMARTS) is 1. The largest absolute Gasteiger partial charge is 0.497 e. The molecule has 0 aromatic heterocycles. The van der Waals surface area contributed by atoms with E-state index in [0.29, 0.717) is 5.75 Å². The molecule has 96 valence electrons. The fraction of sp³-hybridized carbons (Fsp3) is 0.200. The van der Waals surface area contributed by atoms with Crippen molar-refractivity contribution in [2.24, 2.45) is 4.40 Å². The van der Waals surface area contributed by atoms with E-state index in [-0.39, 0.29) is 16.4 Å². The number of sulfonamides is 1. The first-order valence-corrected chi connectivity index (χ1v) is 6.37. The lowest BCUT2D eigenvalue weighted by molar-refractivity contribution is -0.135. The van der Waals surface area contributed by atoms with Gasteiger partial charge in [0, 0.05) is 6.07 Å². The number of nitrogens with one attached hydrogen (secondary N) is 1. The molecule has 1 heterocycles. The van der Waals surface area contributed by atoms with Crippen LogP contribution in [-0.2, 0) is 14.8 Å². The van der Waals surface area contributed by atoms with Crippen molar-refractivity contribution in [1.82, 2.24) is 0 Å². The number of nitrogens with zero attached hydrogens (tertiary/aromatic N) is 1. The highest BCUT2D eigenvalue weighted by molar-refractivity contribution is 7.90. The minimum atomic E-state index is -3.86. The molecule has 18 heavy (non-hydrogen) atoms. The maximum absolute atomic E-state index is 11.8. The van der Waals surface area contributed by atoms with Crippen molar-refractivity contribution in [3.63, 3.8) is 0 Å². The van der Waals surface area contributed by atoms with E-state index in [2.05, 4.69) is 9.71 Å². The van der Waals surface area contributed by atoms with Gasteiger partial charge in [-0.3, -0.25) is 4.79 Å². The average Bonchev–Trinajstić information content (AvgIpc) is 2.26. The molecule has 0 aliphatic carbocycles. The van der Waals surface area contributed by atoms with Gasteiger partial charge in [-0.15, -0.1) is 4.40 Å². The lowest BCUT2D eigenvalue weighted by Crippen LogP contribution is -2.23. The van der Waals surface area contributed by atoms with Gasteiger partial charge in [0.2, 0.25) is 0 Å². The van der Waals surface area contributed by atoms with Gasteiger partial charge >= 0.3 is 5.97 Å². The van der Waals surface area contributed by atoms with Crippen molar-refractivity contribution in [3.05, 3.63) is 18.2 Å². The van der Waals surface area contributed by atoms with Gasteiger partial charge < -0.3 is 15.2 Å². The second-order valence-corrected chi connectivity index (χ2v) is 5.14. The first-order chi connectivity index (χ1) is 8.42. The van der Waals surface area contributed by atoms with Crippen LogP contribution in [0.4, 0.5) is 5.69 Å². The fourth-order valence-corrected chi connectivity index (χ4v) is 2.68. The second-order valence-electron chi connectivity index (χ2n) is 3.57. The number of anilines is 1. The number of ether oxygens (including phenoxy) is 1. The molecule has 2 N–H and O–H groups in total. The van der Waals surface area contributed by atoms with Gasteiger partial charge in [-0.1, -0.05) is 0 Å². The molecule has 0 unspecified atom stereocenters. The summed E-state index contributed by atoms with van der Waals surface area (Å²) in [6.45, 7) is 0. The Morgan fingerprint density at radius 1 is 1.50 bits per heavy atom. The molecule has 0 fully saturated rings. The molecule has 8 heteroatoms. The predicted molar refractivity (Wildman–Crippen MR) is 63.5 cm³/mol. The van der Waals surface area contributed by atoms with E-state index in [1.807, 2.05) is 0 Å². The maximum atomic E-state index is 11.8. The Bertz CT molecular complexity index is 636. The van der Waals surface area contributed by atoms with Crippen LogP contribution in [0.1, 0.15) is 6.42 Å². The van der Waals surface area contributed by atoms with Crippen LogP contribution in [0.25, 0.3) is 0 Å². The molecule has 2 rings (SSSR count). The van der Waals surface area contributed by atoms with E-state index >= 15 is 0 Å². The van der Waals surface area contributed by atoms with Crippen LogP contribution in [0.3, 0.4) is 0 Å². The first-order valence-electron chi connectivity index (χ1n) is 4.93. The molecule has 0 atom stereocenters. The fourth-order valence-electron chi connectivity index (χ4n) is 1.55. The molecule has 0 amide bonds. The lowest BCUT2D eigenvalue weighted by atomic mass is 10.2. The number of benzene rings is 1. The molecule has 0 bridgehead atoms. The van der Waals surface area contributed by atoms with Gasteiger partial charge in [0.15, 0.2) is 0 Å². The number of amidine groups is 1. The Kier molecular flexibility index (Phi) is 2.95. The van der Waals surface area contributed by atoms with Gasteiger partial charge in [0.1, 0.15) is 22.9 Å². The molecule has 1 aliphatic rings. The minimum absolute atomic E-state index is 0.00237. The minimum Gasteiger partial charge on any atom is -0.497 e. The summed E-state index contributed by atoms with van der Waals surface area (Å²) >= 11 is 0. The number of hydrogen-bond acceptors (Lipinski definition) is 5. The van der Waals surface area contributed by atoms with E-state index in [4.69, 9.17) is 9.84 Å². The van der Waals surface area contributed by atoms with E-state index in [0.717, 1.165) is 0 Å². The number of carbonyl (C=O) groups is 1. The third kappa shape index (κ3) is 2.28. The summed E-state index contributed by atoms with van der Waals surface area (Å²) in [7, 11) is -2.41. The van der Waals surface area contributed by atoms with Gasteiger partial charge in [0.25, 0.3) is 10.0 Å². The molecule has 1 aromatic carbocycles. The number of rotatable bonds is 3. The van der Waals surface area contributed by atoms with Crippen molar-refractivity contribution >= 4 is 27.5 Å². The third-order valence-electron chi connectivity index (χ3n) is 2.29. The molecule has 0 radical (unpaired) electrons. The highest BCUT2D eigenvalue weighted by Gasteiger charge is 2.26. The summed E-state index contributed by atoms with van der Waals surface area (Å²) in [6.07, 6.45) is -0.490. The Hall–Kier alpha value is -2.09. The van der Waals surface area contributed by atoms with E-state index in [9.17, 15) is 13.2 Å². The molecular weight excluding hydrogens is 260 g/mol. The molecule has 0 saturated carbocycles. The standard InChI is InChI=1S/C10H10N2O5S/c1-17-6-2-3-8-7(4-6)11-9(5-10(13)14)12-18(8,15)16/h2-4H,5H2,1H3,(H,11,12)(H,13,14). The molecule has 0 saturated heterocycles. The zero-order chi connectivity index (χ0) is 13.3. The van der Waals surface area contributed by atoms with Crippen molar-refractivity contribution in [3.8, 4) is 5.75 Å². The summed E-state index contributed by atoms with van der Waals surface area (Å²) in [6, 6.07) is 4.33. The van der Waals surface area contributed by atoms with Crippen LogP contribution in [0.2, 0.25) is 0 Å². The Morgan fingerprint density at radius 3 is 2.83 bits per heavy atom. The average molecular weight is 270 g/mol. The second kappa shape index (κ2) is 4.30. The summed E-state index contributed by atoms with van der Waals surface area (Å²) < 4.78 is 32.0. The first kappa shape index (κ1) is 12.4. The number of fused-ring (bicyclic) bond motifs is 1. The molecule has 7 nitrogen and oxygen atoms in total. The summed E-state index contributed by atoms with van der Waals surface area (Å²) in [4.78, 5) is 10.6. The molecular formula is C10H10N2O5S. The predicted octanol–water partition coefficient (Wildman–Crippen LogP) is 0.683. The number of methoxy groups -OCH3 is 1. The van der Waals surface area contributed by atoms with Crippen LogP contribution >= 0.6 is 0 Å². The number of carboxylic acids is 1. The SMILES string of the molecule is COc1ccc2c(c1)NC(CC(=O)O)=NS2(=O)=O. The Balaban J connectivity index is 2.48. The van der Waals surface area contributed by atoms with Crippen LogP contribution < -0.4 is 10.1 Å². The normalized spacial score (nSPS) is 16.2. The van der Waals surface area contributed by atoms with Crippen LogP contribution in [-0.4, -0.2) is 32.4 Å². The number of aliphatic carboxylic acids is 1. The van der Waals surface area contributed by atoms with Crippen LogP contribution in [0, 0.1) is 0 Å². The quantitative estimate of drug-likeness (QED) is 0.836. The van der Waals surface area contributed by atoms with Gasteiger partial charge in [-0.05, 0) is 12.1 Å². The van der Waals surface area contributed by atoms with Crippen LogP contribution in [0.15, 0.2) is 27.5 Å². The van der Waals surface area contributed by atoms with Crippen molar-refractivity contribution in [1.29, 1.82) is 0 Å². The van der Waals surface area contributed by atoms with E-state index in [1.165, 1.54) is 25.3 Å². The lowest BCUT2D eigenvalue weighted by Gasteiger charge is -2.17. The van der Waals surface area contributed by atoms with E-state index in [1.54, 1.807) is 0 Å². The van der Waals surface area contributed by atoms with E-state index < -0.39 is 22.4 Å². The Morgan fingerprint density at radius 2 is 2.22 bits per heavy atom. The van der Waals surface area contributed by atoms with Gasteiger partial charge in [-0.2, -0.15) is 8.42 Å². The van der Waals surface area contributed by atoms with Crippen molar-refractivity contribution < 1.29 is 23.1 Å². The summed E-state index contributed by atoms with van der Waals surface area (Å²) in [5.74, 6) is -0.820. The highest BCUT2D eigenvalue weighted by Crippen LogP contribution is 2.31. The van der Waals surface area contributed by atoms with Crippen LogP contribution in [0.5, 0.6) is 5.75 Å². The smallest absolute Gasteiger partial charge is 0.311 e. The summed E-state index contributed by atoms with van der Waals surface area (Å²) in [5.41, 5.74) is 0.264. The van der Waals surface area contributed by atoms with Crippen molar-refractivity contribution in [2.45, 2.75) is 11.3 Å². The monoisotopic (exact) mass is 270 g/mol. The summed E-state index contributed by atoms with van der Waals surface area (Å²) in [5, 5.41) is 11.3. The molecule has 1 aliphatic heterocycles. The molecule has 1 aromatic rings. The number of hydrogen-bond donors (Lipinski definition) is 2. The zero-order valence-electron chi connectivity index (χ0n) is 9.37. The topological polar surface area (TPSA) is 105 Å². The Labute approximate surface area is 103 Å². The maximum Gasteiger partial charge on any atom is 0.311 e.